The van der Waals surface area contributed by atoms with Gasteiger partial charge in [-0.05, 0) is 19.1 Å². The molecule has 0 radical (unpaired) electrons. The topological polar surface area (TPSA) is 88.6 Å². The van der Waals surface area contributed by atoms with E-state index in [0.29, 0.717) is 15.7 Å². The van der Waals surface area contributed by atoms with E-state index in [1.807, 2.05) is 24.3 Å². The van der Waals surface area contributed by atoms with Crippen LogP contribution in [0.15, 0.2) is 16.9 Å². The van der Waals surface area contributed by atoms with E-state index in [1.165, 1.54) is 16.0 Å². The molecular weight excluding hydrogens is 364 g/mol. The summed E-state index contributed by atoms with van der Waals surface area (Å²) in [5, 5.41) is 16.2. The predicted molar refractivity (Wildman–Crippen MR) is 98.6 cm³/mol. The molecule has 134 valence electrons. The third-order valence-electron chi connectivity index (χ3n) is 3.77. The van der Waals surface area contributed by atoms with E-state index in [0.717, 1.165) is 10.2 Å². The van der Waals surface area contributed by atoms with E-state index in [-0.39, 0.29) is 30.5 Å². The number of nitrogens with zero attached hydrogens (tertiary/aromatic N) is 3. The second kappa shape index (κ2) is 6.78. The highest BCUT2D eigenvalue weighted by atomic mass is 35.5. The maximum absolute atomic E-state index is 12.8. The first-order valence-electron chi connectivity index (χ1n) is 7.94. The van der Waals surface area contributed by atoms with Crippen LogP contribution < -0.4 is 10.9 Å². The zero-order valence-corrected chi connectivity index (χ0v) is 15.7. The standard InChI is InChI=1S/C16H19ClN4O3S/c1-8(2)15-19-20(7-14(23)18-6-9(3)22)16(24)11-4-12-10(21(11)15)5-13(17)25-12/h4-5,8-9,22H,6-7H2,1-3H3,(H,18,23). The first-order valence-corrected chi connectivity index (χ1v) is 9.13. The monoisotopic (exact) mass is 382 g/mol. The molecule has 7 nitrogen and oxygen atoms in total. The van der Waals surface area contributed by atoms with Gasteiger partial charge in [-0.25, -0.2) is 4.68 Å². The molecule has 0 aliphatic rings. The minimum Gasteiger partial charge on any atom is -0.392 e. The van der Waals surface area contributed by atoms with Gasteiger partial charge in [0.2, 0.25) is 5.91 Å². The number of halogens is 1. The van der Waals surface area contributed by atoms with Gasteiger partial charge in [-0.3, -0.25) is 14.0 Å². The smallest absolute Gasteiger partial charge is 0.291 e. The van der Waals surface area contributed by atoms with E-state index < -0.39 is 6.10 Å². The largest absolute Gasteiger partial charge is 0.392 e. The number of nitrogens with one attached hydrogen (secondary N) is 1. The van der Waals surface area contributed by atoms with E-state index >= 15 is 0 Å². The number of fused-ring (bicyclic) bond motifs is 3. The van der Waals surface area contributed by atoms with Crippen LogP contribution in [0.5, 0.6) is 0 Å². The Bertz CT molecular complexity index is 1000. The van der Waals surface area contributed by atoms with Crippen LogP contribution in [0.25, 0.3) is 15.7 Å². The van der Waals surface area contributed by atoms with Crippen molar-refractivity contribution in [1.29, 1.82) is 0 Å². The number of amides is 1. The highest BCUT2D eigenvalue weighted by Crippen LogP contribution is 2.32. The van der Waals surface area contributed by atoms with Crippen LogP contribution in [-0.2, 0) is 11.3 Å². The van der Waals surface area contributed by atoms with Crippen LogP contribution in [-0.4, -0.2) is 37.8 Å². The number of carbonyl (C=O) groups excluding carboxylic acids is 1. The van der Waals surface area contributed by atoms with Gasteiger partial charge in [0.15, 0.2) is 0 Å². The molecule has 0 spiro atoms. The fraction of sp³-hybridized carbons (Fsp3) is 0.438. The second-order valence-corrected chi connectivity index (χ2v) is 8.01. The first-order chi connectivity index (χ1) is 11.8. The molecule has 0 aromatic carbocycles. The molecule has 2 N–H and O–H groups in total. The van der Waals surface area contributed by atoms with Crippen molar-refractivity contribution < 1.29 is 9.90 Å². The van der Waals surface area contributed by atoms with Gasteiger partial charge in [-0.2, -0.15) is 5.10 Å². The summed E-state index contributed by atoms with van der Waals surface area (Å²) in [5.41, 5.74) is 0.986. The highest BCUT2D eigenvalue weighted by molar-refractivity contribution is 7.22. The molecule has 0 aliphatic carbocycles. The van der Waals surface area contributed by atoms with Crippen LogP contribution in [0.4, 0.5) is 0 Å². The average molecular weight is 383 g/mol. The fourth-order valence-corrected chi connectivity index (χ4v) is 3.81. The lowest BCUT2D eigenvalue weighted by Gasteiger charge is -2.13. The van der Waals surface area contributed by atoms with Crippen LogP contribution in [0, 0.1) is 0 Å². The molecule has 1 unspecified atom stereocenters. The van der Waals surface area contributed by atoms with Gasteiger partial charge in [0.1, 0.15) is 17.9 Å². The number of hydrogen-bond donors (Lipinski definition) is 2. The highest BCUT2D eigenvalue weighted by Gasteiger charge is 2.19. The Morgan fingerprint density at radius 2 is 2.08 bits per heavy atom. The number of rotatable bonds is 5. The first kappa shape index (κ1) is 17.9. The Morgan fingerprint density at radius 3 is 2.72 bits per heavy atom. The van der Waals surface area contributed by atoms with Crippen LogP contribution in [0.2, 0.25) is 4.34 Å². The van der Waals surface area contributed by atoms with Crippen LogP contribution >= 0.6 is 22.9 Å². The molecule has 3 aromatic rings. The van der Waals surface area contributed by atoms with E-state index in [9.17, 15) is 14.7 Å². The zero-order valence-electron chi connectivity index (χ0n) is 14.1. The summed E-state index contributed by atoms with van der Waals surface area (Å²) in [6, 6.07) is 3.60. The molecule has 0 fully saturated rings. The number of aliphatic hydroxyl groups is 1. The van der Waals surface area contributed by atoms with Gasteiger partial charge in [-0.15, -0.1) is 11.3 Å². The summed E-state index contributed by atoms with van der Waals surface area (Å²) >= 11 is 7.48. The molecule has 1 amide bonds. The Hall–Kier alpha value is -1.90. The molecule has 9 heteroatoms. The van der Waals surface area contributed by atoms with Crippen molar-refractivity contribution in [2.45, 2.75) is 39.3 Å². The normalized spacial score (nSPS) is 13.0. The third kappa shape index (κ3) is 3.42. The average Bonchev–Trinajstić information content (AvgIpc) is 3.04. The van der Waals surface area contributed by atoms with Gasteiger partial charge in [0.05, 0.1) is 20.7 Å². The second-order valence-electron chi connectivity index (χ2n) is 6.29. The SMILES string of the molecule is CC(O)CNC(=O)Cn1nc(C(C)C)n2c(cc3sc(Cl)cc32)c1=O. The summed E-state index contributed by atoms with van der Waals surface area (Å²) in [6.45, 7) is 5.47. The minimum atomic E-state index is -0.649. The minimum absolute atomic E-state index is 0.0455. The molecule has 25 heavy (non-hydrogen) atoms. The Morgan fingerprint density at radius 1 is 1.36 bits per heavy atom. The van der Waals surface area contributed by atoms with Crippen LogP contribution in [0.1, 0.15) is 32.5 Å². The lowest BCUT2D eigenvalue weighted by molar-refractivity contribution is -0.122. The summed E-state index contributed by atoms with van der Waals surface area (Å²) in [6.07, 6.45) is -0.649. The number of aliphatic hydroxyl groups excluding tert-OH is 1. The Labute approximate surface area is 152 Å². The lowest BCUT2D eigenvalue weighted by Crippen LogP contribution is -2.37. The quantitative estimate of drug-likeness (QED) is 0.706. The molecule has 3 aromatic heterocycles. The van der Waals surface area contributed by atoms with E-state index in [1.54, 1.807) is 13.0 Å². The van der Waals surface area contributed by atoms with Crippen molar-refractivity contribution in [3.8, 4) is 0 Å². The maximum Gasteiger partial charge on any atom is 0.291 e. The van der Waals surface area contributed by atoms with Crippen molar-refractivity contribution in [2.75, 3.05) is 6.54 Å². The van der Waals surface area contributed by atoms with Gasteiger partial charge in [-0.1, -0.05) is 25.4 Å². The Balaban J connectivity index is 2.10. The summed E-state index contributed by atoms with van der Waals surface area (Å²) in [5.74, 6) is 0.359. The van der Waals surface area contributed by atoms with Crippen molar-refractivity contribution >= 4 is 44.6 Å². The van der Waals surface area contributed by atoms with Gasteiger partial charge in [0, 0.05) is 12.5 Å². The Kier molecular flexibility index (Phi) is 4.86. The predicted octanol–water partition coefficient (Wildman–Crippen LogP) is 1.98. The molecule has 0 aliphatic heterocycles. The number of hydrogen-bond acceptors (Lipinski definition) is 5. The van der Waals surface area contributed by atoms with Crippen molar-refractivity contribution in [2.24, 2.45) is 0 Å². The zero-order chi connectivity index (χ0) is 18.3. The van der Waals surface area contributed by atoms with E-state index in [2.05, 4.69) is 10.4 Å². The third-order valence-corrected chi connectivity index (χ3v) is 4.97. The molecule has 3 heterocycles. The number of aromatic nitrogens is 3. The lowest BCUT2D eigenvalue weighted by atomic mass is 10.2. The fourth-order valence-electron chi connectivity index (χ4n) is 2.65. The van der Waals surface area contributed by atoms with E-state index in [4.69, 9.17) is 11.6 Å². The van der Waals surface area contributed by atoms with Gasteiger partial charge in [0.25, 0.3) is 5.56 Å². The van der Waals surface area contributed by atoms with Crippen LogP contribution in [0.3, 0.4) is 0 Å². The van der Waals surface area contributed by atoms with Crippen molar-refractivity contribution in [1.82, 2.24) is 19.5 Å². The van der Waals surface area contributed by atoms with Crippen molar-refractivity contribution in [3.63, 3.8) is 0 Å². The van der Waals surface area contributed by atoms with Gasteiger partial charge < -0.3 is 10.4 Å². The molecule has 0 saturated heterocycles. The van der Waals surface area contributed by atoms with Crippen molar-refractivity contribution in [3.05, 3.63) is 32.6 Å². The summed E-state index contributed by atoms with van der Waals surface area (Å²) < 4.78 is 4.54. The molecule has 1 atom stereocenters. The number of carbonyl (C=O) groups is 1. The summed E-state index contributed by atoms with van der Waals surface area (Å²) in [7, 11) is 0. The van der Waals surface area contributed by atoms with Gasteiger partial charge >= 0.3 is 0 Å². The molecule has 3 rings (SSSR count). The summed E-state index contributed by atoms with van der Waals surface area (Å²) in [4.78, 5) is 24.8. The maximum atomic E-state index is 12.8. The molecule has 0 saturated carbocycles. The number of thiophene rings is 1. The molecule has 0 bridgehead atoms. The molecular formula is C16H19ClN4O3S.